The van der Waals surface area contributed by atoms with E-state index >= 15 is 0 Å². The highest BCUT2D eigenvalue weighted by Crippen LogP contribution is 2.38. The van der Waals surface area contributed by atoms with Crippen LogP contribution in [0.1, 0.15) is 51.5 Å². The van der Waals surface area contributed by atoms with Crippen LogP contribution in [0.4, 0.5) is 0 Å². The summed E-state index contributed by atoms with van der Waals surface area (Å²) in [6.45, 7) is 5.93. The van der Waals surface area contributed by atoms with Crippen molar-refractivity contribution in [1.29, 1.82) is 0 Å². The minimum absolute atomic E-state index is 0.108. The molecule has 1 fully saturated rings. The highest BCUT2D eigenvalue weighted by molar-refractivity contribution is 5.95. The molecule has 5 rings (SSSR count). The molecule has 1 atom stereocenters. The number of nitrogens with one attached hydrogen (secondary N) is 1. The van der Waals surface area contributed by atoms with Gasteiger partial charge in [0, 0.05) is 48.8 Å². The van der Waals surface area contributed by atoms with Crippen LogP contribution in [0.25, 0.3) is 11.3 Å². The Balaban J connectivity index is 1.39. The predicted molar refractivity (Wildman–Crippen MR) is 111 cm³/mol. The molecule has 0 unspecified atom stereocenters. The Labute approximate surface area is 175 Å². The molecule has 3 aromatic rings. The van der Waals surface area contributed by atoms with E-state index in [0.29, 0.717) is 18.8 Å². The first-order valence-corrected chi connectivity index (χ1v) is 10.6. The number of hydrogen-bond acceptors (Lipinski definition) is 5. The van der Waals surface area contributed by atoms with Crippen LogP contribution in [-0.2, 0) is 24.1 Å². The number of pyridine rings is 1. The SMILES string of the molecule is Cc1ncccc1Cn1cc2c(n1)-c1c(oc(C(=O)NC[C@@H]3CCCO3)c1C)CC2. The fraction of sp³-hybridized carbons (Fsp3) is 0.435. The molecule has 0 spiro atoms. The Morgan fingerprint density at radius 2 is 2.23 bits per heavy atom. The van der Waals surface area contributed by atoms with Crippen LogP contribution in [0.5, 0.6) is 0 Å². The van der Waals surface area contributed by atoms with Gasteiger partial charge in [0.2, 0.25) is 0 Å². The maximum Gasteiger partial charge on any atom is 0.287 e. The van der Waals surface area contributed by atoms with Crippen molar-refractivity contribution in [3.63, 3.8) is 0 Å². The number of aromatic nitrogens is 3. The second-order valence-electron chi connectivity index (χ2n) is 8.15. The van der Waals surface area contributed by atoms with E-state index in [9.17, 15) is 4.79 Å². The molecule has 1 aliphatic heterocycles. The van der Waals surface area contributed by atoms with Crippen LogP contribution in [0.3, 0.4) is 0 Å². The van der Waals surface area contributed by atoms with Gasteiger partial charge in [0.1, 0.15) is 5.76 Å². The lowest BCUT2D eigenvalue weighted by molar-refractivity contribution is 0.0833. The number of ether oxygens (including phenoxy) is 1. The molecular formula is C23H26N4O3. The van der Waals surface area contributed by atoms with Crippen LogP contribution < -0.4 is 5.32 Å². The molecule has 0 saturated carbocycles. The quantitative estimate of drug-likeness (QED) is 0.704. The van der Waals surface area contributed by atoms with Crippen LogP contribution >= 0.6 is 0 Å². The van der Waals surface area contributed by atoms with Crippen molar-refractivity contribution in [2.75, 3.05) is 13.2 Å². The topological polar surface area (TPSA) is 82.2 Å². The zero-order valence-electron chi connectivity index (χ0n) is 17.4. The molecule has 3 aromatic heterocycles. The van der Waals surface area contributed by atoms with E-state index in [1.807, 2.05) is 24.6 Å². The van der Waals surface area contributed by atoms with Gasteiger partial charge in [-0.3, -0.25) is 14.5 Å². The summed E-state index contributed by atoms with van der Waals surface area (Å²) < 4.78 is 13.6. The zero-order valence-corrected chi connectivity index (χ0v) is 17.4. The monoisotopic (exact) mass is 406 g/mol. The molecular weight excluding hydrogens is 380 g/mol. The second kappa shape index (κ2) is 7.72. The van der Waals surface area contributed by atoms with Gasteiger partial charge in [-0.25, -0.2) is 0 Å². The molecule has 1 saturated heterocycles. The maximum absolute atomic E-state index is 12.7. The Hall–Kier alpha value is -2.93. The minimum atomic E-state index is -0.177. The normalized spacial score (nSPS) is 17.6. The number of hydrogen-bond donors (Lipinski definition) is 1. The number of nitrogens with zero attached hydrogens (tertiary/aromatic N) is 3. The van der Waals surface area contributed by atoms with Gasteiger partial charge in [-0.05, 0) is 50.3 Å². The molecule has 4 heterocycles. The summed E-state index contributed by atoms with van der Waals surface area (Å²) in [5, 5.41) is 7.82. The molecule has 0 bridgehead atoms. The van der Waals surface area contributed by atoms with E-state index in [0.717, 1.165) is 66.1 Å². The Morgan fingerprint density at radius 3 is 3.03 bits per heavy atom. The van der Waals surface area contributed by atoms with E-state index < -0.39 is 0 Å². The standard InChI is InChI=1S/C23H26N4O3/c1-14-20-19(30-22(14)23(28)25-11-18-6-4-10-29-18)8-7-17-13-27(26-21(17)20)12-16-5-3-9-24-15(16)2/h3,5,9,13,18H,4,6-8,10-12H2,1-2H3,(H,25,28)/t18-/m0/s1. The van der Waals surface area contributed by atoms with Crippen molar-refractivity contribution in [2.24, 2.45) is 0 Å². The summed E-state index contributed by atoms with van der Waals surface area (Å²) in [4.78, 5) is 17.1. The van der Waals surface area contributed by atoms with Crippen LogP contribution in [0, 0.1) is 13.8 Å². The molecule has 1 amide bonds. The van der Waals surface area contributed by atoms with Crippen molar-refractivity contribution in [2.45, 2.75) is 52.2 Å². The van der Waals surface area contributed by atoms with Crippen LogP contribution in [0.15, 0.2) is 28.9 Å². The van der Waals surface area contributed by atoms with E-state index in [-0.39, 0.29) is 12.0 Å². The second-order valence-corrected chi connectivity index (χ2v) is 8.15. The molecule has 156 valence electrons. The molecule has 0 aromatic carbocycles. The lowest BCUT2D eigenvalue weighted by Crippen LogP contribution is -2.31. The number of amides is 1. The summed E-state index contributed by atoms with van der Waals surface area (Å²) in [7, 11) is 0. The van der Waals surface area contributed by atoms with Crippen LogP contribution in [0.2, 0.25) is 0 Å². The number of fused-ring (bicyclic) bond motifs is 3. The first-order valence-electron chi connectivity index (χ1n) is 10.6. The summed E-state index contributed by atoms with van der Waals surface area (Å²) in [6, 6.07) is 4.03. The van der Waals surface area contributed by atoms with Crippen molar-refractivity contribution in [3.05, 3.63) is 58.4 Å². The fourth-order valence-corrected chi connectivity index (χ4v) is 4.41. The average Bonchev–Trinajstić information content (AvgIpc) is 3.46. The van der Waals surface area contributed by atoms with Crippen molar-refractivity contribution >= 4 is 5.91 Å². The fourth-order valence-electron chi connectivity index (χ4n) is 4.41. The van der Waals surface area contributed by atoms with Gasteiger partial charge >= 0.3 is 0 Å². The number of aryl methyl sites for hydroxylation is 3. The first kappa shape index (κ1) is 19.1. The smallest absolute Gasteiger partial charge is 0.287 e. The largest absolute Gasteiger partial charge is 0.455 e. The van der Waals surface area contributed by atoms with Crippen LogP contribution in [-0.4, -0.2) is 39.9 Å². The lowest BCUT2D eigenvalue weighted by atomic mass is 9.93. The van der Waals surface area contributed by atoms with E-state index in [2.05, 4.69) is 22.6 Å². The lowest BCUT2D eigenvalue weighted by Gasteiger charge is -2.10. The third-order valence-electron chi connectivity index (χ3n) is 6.08. The van der Waals surface area contributed by atoms with Gasteiger partial charge in [-0.15, -0.1) is 0 Å². The summed E-state index contributed by atoms with van der Waals surface area (Å²) in [5.74, 6) is 1.07. The molecule has 2 aliphatic rings. The summed E-state index contributed by atoms with van der Waals surface area (Å²) in [5.41, 5.74) is 6.11. The van der Waals surface area contributed by atoms with Crippen molar-refractivity contribution < 1.29 is 13.9 Å². The Morgan fingerprint density at radius 1 is 1.33 bits per heavy atom. The third kappa shape index (κ3) is 3.43. The first-order chi connectivity index (χ1) is 14.6. The highest BCUT2D eigenvalue weighted by atomic mass is 16.5. The number of carbonyl (C=O) groups is 1. The molecule has 7 nitrogen and oxygen atoms in total. The van der Waals surface area contributed by atoms with Gasteiger partial charge in [0.25, 0.3) is 5.91 Å². The number of rotatable bonds is 5. The zero-order chi connectivity index (χ0) is 20.7. The van der Waals surface area contributed by atoms with Gasteiger partial charge < -0.3 is 14.5 Å². The van der Waals surface area contributed by atoms with Crippen molar-refractivity contribution in [1.82, 2.24) is 20.1 Å². The molecule has 7 heteroatoms. The maximum atomic E-state index is 12.7. The van der Waals surface area contributed by atoms with Gasteiger partial charge in [0.15, 0.2) is 5.76 Å². The van der Waals surface area contributed by atoms with Gasteiger partial charge in [-0.1, -0.05) is 6.07 Å². The van der Waals surface area contributed by atoms with Crippen molar-refractivity contribution in [3.8, 4) is 11.3 Å². The molecule has 0 radical (unpaired) electrons. The van der Waals surface area contributed by atoms with Gasteiger partial charge in [0.05, 0.1) is 18.3 Å². The molecule has 1 aliphatic carbocycles. The summed E-state index contributed by atoms with van der Waals surface area (Å²) in [6.07, 6.45) is 7.70. The Kier molecular flexibility index (Phi) is 4.90. The molecule has 30 heavy (non-hydrogen) atoms. The average molecular weight is 406 g/mol. The number of carbonyl (C=O) groups excluding carboxylic acids is 1. The predicted octanol–water partition coefficient (Wildman–Crippen LogP) is 3.21. The van der Waals surface area contributed by atoms with Gasteiger partial charge in [-0.2, -0.15) is 5.10 Å². The minimum Gasteiger partial charge on any atom is -0.455 e. The highest BCUT2D eigenvalue weighted by Gasteiger charge is 2.30. The van der Waals surface area contributed by atoms with E-state index in [4.69, 9.17) is 14.3 Å². The molecule has 1 N–H and O–H groups in total. The van der Waals surface area contributed by atoms with E-state index in [1.165, 1.54) is 5.56 Å². The van der Waals surface area contributed by atoms with E-state index in [1.54, 1.807) is 6.20 Å². The third-order valence-corrected chi connectivity index (χ3v) is 6.08. The number of furan rings is 1. The Bertz CT molecular complexity index is 1090. The summed E-state index contributed by atoms with van der Waals surface area (Å²) >= 11 is 0.